The fourth-order valence-corrected chi connectivity index (χ4v) is 3.36. The second kappa shape index (κ2) is 8.00. The number of halogens is 1. The van der Waals surface area contributed by atoms with Crippen molar-refractivity contribution in [2.24, 2.45) is 0 Å². The first kappa shape index (κ1) is 17.9. The molecule has 0 saturated carbocycles. The van der Waals surface area contributed by atoms with Gasteiger partial charge in [0, 0.05) is 29.7 Å². The van der Waals surface area contributed by atoms with Gasteiger partial charge in [0.05, 0.1) is 25.9 Å². The molecule has 1 aliphatic heterocycles. The SMILES string of the molecule is Cc1cccc(Cl)c1-c1ccc(C(=O)N(C)C[C@H]2COCCO2)cc1. The van der Waals surface area contributed by atoms with E-state index in [1.54, 1.807) is 11.9 Å². The summed E-state index contributed by atoms with van der Waals surface area (Å²) in [6.45, 7) is 4.28. The van der Waals surface area contributed by atoms with Gasteiger partial charge < -0.3 is 14.4 Å². The number of hydrogen-bond donors (Lipinski definition) is 0. The third-order valence-electron chi connectivity index (χ3n) is 4.35. The molecule has 1 heterocycles. The molecule has 3 rings (SSSR count). The molecular formula is C20H22ClNO3. The van der Waals surface area contributed by atoms with Gasteiger partial charge in [-0.15, -0.1) is 0 Å². The van der Waals surface area contributed by atoms with Gasteiger partial charge in [0.2, 0.25) is 0 Å². The Kier molecular flexibility index (Phi) is 5.74. The molecule has 1 amide bonds. The minimum atomic E-state index is -0.0623. The molecule has 5 heteroatoms. The summed E-state index contributed by atoms with van der Waals surface area (Å²) in [4.78, 5) is 14.3. The zero-order valence-electron chi connectivity index (χ0n) is 14.5. The lowest BCUT2D eigenvalue weighted by Crippen LogP contribution is -2.40. The van der Waals surface area contributed by atoms with Crippen LogP contribution in [0.2, 0.25) is 5.02 Å². The fraction of sp³-hybridized carbons (Fsp3) is 0.350. The number of ether oxygens (including phenoxy) is 2. The van der Waals surface area contributed by atoms with Crippen LogP contribution in [0.25, 0.3) is 11.1 Å². The van der Waals surface area contributed by atoms with Crippen LogP contribution in [0, 0.1) is 6.92 Å². The van der Waals surface area contributed by atoms with Crippen LogP contribution in [0.5, 0.6) is 0 Å². The zero-order valence-corrected chi connectivity index (χ0v) is 15.3. The van der Waals surface area contributed by atoms with E-state index < -0.39 is 0 Å². The number of hydrogen-bond acceptors (Lipinski definition) is 3. The quantitative estimate of drug-likeness (QED) is 0.833. The maximum Gasteiger partial charge on any atom is 0.253 e. The summed E-state index contributed by atoms with van der Waals surface area (Å²) in [7, 11) is 1.78. The largest absolute Gasteiger partial charge is 0.376 e. The average Bonchev–Trinajstić information content (AvgIpc) is 2.62. The molecule has 0 unspecified atom stereocenters. The molecule has 1 saturated heterocycles. The van der Waals surface area contributed by atoms with Crippen LogP contribution in [-0.2, 0) is 9.47 Å². The van der Waals surface area contributed by atoms with Crippen LogP contribution in [-0.4, -0.2) is 50.3 Å². The third kappa shape index (κ3) is 4.21. The molecule has 2 aromatic rings. The standard InChI is InChI=1S/C20H22ClNO3/c1-14-4-3-5-18(21)19(14)15-6-8-16(9-7-15)20(23)22(2)12-17-13-24-10-11-25-17/h3-9,17H,10-13H2,1-2H3/t17-/m0/s1. The van der Waals surface area contributed by atoms with Crippen molar-refractivity contribution in [3.8, 4) is 11.1 Å². The highest BCUT2D eigenvalue weighted by molar-refractivity contribution is 6.33. The number of likely N-dealkylation sites (N-methyl/N-ethyl adjacent to an activating group) is 1. The Labute approximate surface area is 153 Å². The van der Waals surface area contributed by atoms with E-state index in [0.29, 0.717) is 37.0 Å². The summed E-state index contributed by atoms with van der Waals surface area (Å²) >= 11 is 6.32. The molecule has 1 fully saturated rings. The second-order valence-electron chi connectivity index (χ2n) is 6.26. The molecule has 1 aliphatic rings. The molecule has 0 N–H and O–H groups in total. The van der Waals surface area contributed by atoms with Gasteiger partial charge in [-0.2, -0.15) is 0 Å². The molecular weight excluding hydrogens is 338 g/mol. The van der Waals surface area contributed by atoms with Gasteiger partial charge in [-0.1, -0.05) is 35.9 Å². The first-order chi connectivity index (χ1) is 12.1. The highest BCUT2D eigenvalue weighted by Gasteiger charge is 2.20. The topological polar surface area (TPSA) is 38.8 Å². The molecule has 0 aliphatic carbocycles. The summed E-state index contributed by atoms with van der Waals surface area (Å²) in [5.74, 6) is -0.0309. The molecule has 4 nitrogen and oxygen atoms in total. The summed E-state index contributed by atoms with van der Waals surface area (Å²) in [6.07, 6.45) is -0.0623. The molecule has 0 bridgehead atoms. The Morgan fingerprint density at radius 1 is 1.20 bits per heavy atom. The van der Waals surface area contributed by atoms with Gasteiger partial charge in [0.25, 0.3) is 5.91 Å². The van der Waals surface area contributed by atoms with Crippen molar-refractivity contribution >= 4 is 17.5 Å². The van der Waals surface area contributed by atoms with Crippen molar-refractivity contribution in [2.45, 2.75) is 13.0 Å². The lowest BCUT2D eigenvalue weighted by Gasteiger charge is -2.27. The fourth-order valence-electron chi connectivity index (χ4n) is 3.03. The van der Waals surface area contributed by atoms with Crippen molar-refractivity contribution in [2.75, 3.05) is 33.4 Å². The van der Waals surface area contributed by atoms with E-state index in [0.717, 1.165) is 16.7 Å². The number of aryl methyl sites for hydroxylation is 1. The highest BCUT2D eigenvalue weighted by Crippen LogP contribution is 2.31. The van der Waals surface area contributed by atoms with Crippen LogP contribution >= 0.6 is 11.6 Å². The van der Waals surface area contributed by atoms with E-state index in [4.69, 9.17) is 21.1 Å². The molecule has 0 spiro atoms. The lowest BCUT2D eigenvalue weighted by atomic mass is 9.99. The summed E-state index contributed by atoms with van der Waals surface area (Å²) in [5, 5.41) is 0.714. The van der Waals surface area contributed by atoms with Crippen LogP contribution in [0.4, 0.5) is 0 Å². The number of carbonyl (C=O) groups is 1. The second-order valence-corrected chi connectivity index (χ2v) is 6.67. The highest BCUT2D eigenvalue weighted by atomic mass is 35.5. The third-order valence-corrected chi connectivity index (χ3v) is 4.67. The molecule has 0 radical (unpaired) electrons. The van der Waals surface area contributed by atoms with Crippen LogP contribution in [0.3, 0.4) is 0 Å². The predicted octanol–water partition coefficient (Wildman–Crippen LogP) is 3.80. The Morgan fingerprint density at radius 3 is 2.60 bits per heavy atom. The van der Waals surface area contributed by atoms with Gasteiger partial charge >= 0.3 is 0 Å². The number of benzene rings is 2. The molecule has 2 aromatic carbocycles. The van der Waals surface area contributed by atoms with Crippen molar-refractivity contribution in [1.82, 2.24) is 4.90 Å². The van der Waals surface area contributed by atoms with E-state index in [-0.39, 0.29) is 12.0 Å². The van der Waals surface area contributed by atoms with E-state index in [1.165, 1.54) is 0 Å². The van der Waals surface area contributed by atoms with E-state index in [2.05, 4.69) is 0 Å². The normalized spacial score (nSPS) is 17.3. The monoisotopic (exact) mass is 359 g/mol. The summed E-state index contributed by atoms with van der Waals surface area (Å²) in [6, 6.07) is 13.4. The number of carbonyl (C=O) groups excluding carboxylic acids is 1. The van der Waals surface area contributed by atoms with Crippen molar-refractivity contribution in [3.63, 3.8) is 0 Å². The predicted molar refractivity (Wildman–Crippen MR) is 99.1 cm³/mol. The number of nitrogens with zero attached hydrogens (tertiary/aromatic N) is 1. The van der Waals surface area contributed by atoms with Crippen molar-refractivity contribution in [3.05, 3.63) is 58.6 Å². The maximum absolute atomic E-state index is 12.6. The Morgan fingerprint density at radius 2 is 1.96 bits per heavy atom. The smallest absolute Gasteiger partial charge is 0.253 e. The van der Waals surface area contributed by atoms with Gasteiger partial charge in [-0.3, -0.25) is 4.79 Å². The van der Waals surface area contributed by atoms with E-state index in [9.17, 15) is 4.79 Å². The number of amides is 1. The number of rotatable bonds is 4. The van der Waals surface area contributed by atoms with E-state index >= 15 is 0 Å². The van der Waals surface area contributed by atoms with Gasteiger partial charge in [0.1, 0.15) is 0 Å². The van der Waals surface area contributed by atoms with Gasteiger partial charge in [-0.25, -0.2) is 0 Å². The van der Waals surface area contributed by atoms with Crippen LogP contribution in [0.15, 0.2) is 42.5 Å². The van der Waals surface area contributed by atoms with Crippen LogP contribution < -0.4 is 0 Å². The summed E-state index contributed by atoms with van der Waals surface area (Å²) < 4.78 is 11.0. The molecule has 0 aromatic heterocycles. The van der Waals surface area contributed by atoms with Crippen LogP contribution in [0.1, 0.15) is 15.9 Å². The Hall–Kier alpha value is -1.88. The van der Waals surface area contributed by atoms with E-state index in [1.807, 2.05) is 49.4 Å². The molecule has 132 valence electrons. The average molecular weight is 360 g/mol. The zero-order chi connectivity index (χ0) is 17.8. The van der Waals surface area contributed by atoms with Crippen molar-refractivity contribution in [1.29, 1.82) is 0 Å². The van der Waals surface area contributed by atoms with Gasteiger partial charge in [-0.05, 0) is 36.2 Å². The Balaban J connectivity index is 1.72. The molecule has 1 atom stereocenters. The first-order valence-electron chi connectivity index (χ1n) is 8.36. The Bertz CT molecular complexity index is 719. The summed E-state index contributed by atoms with van der Waals surface area (Å²) in [5.41, 5.74) is 3.77. The minimum Gasteiger partial charge on any atom is -0.376 e. The minimum absolute atomic E-state index is 0.0309. The lowest BCUT2D eigenvalue weighted by molar-refractivity contribution is -0.0933. The maximum atomic E-state index is 12.6. The first-order valence-corrected chi connectivity index (χ1v) is 8.74. The molecule has 25 heavy (non-hydrogen) atoms. The van der Waals surface area contributed by atoms with Crippen molar-refractivity contribution < 1.29 is 14.3 Å². The van der Waals surface area contributed by atoms with Gasteiger partial charge in [0.15, 0.2) is 0 Å².